The van der Waals surface area contributed by atoms with Crippen LogP contribution in [-0.2, 0) is 0 Å². The van der Waals surface area contributed by atoms with Crippen molar-refractivity contribution in [1.82, 2.24) is 4.98 Å². The van der Waals surface area contributed by atoms with Crippen LogP contribution in [0.15, 0.2) is 42.7 Å². The molecule has 2 rings (SSSR count). The van der Waals surface area contributed by atoms with Crippen LogP contribution in [-0.4, -0.2) is 4.98 Å². The van der Waals surface area contributed by atoms with Crippen molar-refractivity contribution in [3.63, 3.8) is 0 Å². The lowest BCUT2D eigenvalue weighted by Gasteiger charge is -2.14. The summed E-state index contributed by atoms with van der Waals surface area (Å²) in [5.74, 6) is -0.236. The van der Waals surface area contributed by atoms with Gasteiger partial charge in [-0.25, -0.2) is 4.39 Å². The number of pyridine rings is 1. The molecule has 0 aliphatic carbocycles. The van der Waals surface area contributed by atoms with E-state index in [4.69, 9.17) is 5.73 Å². The average Bonchev–Trinajstić information content (AvgIpc) is 2.29. The fraction of sp³-hybridized carbons (Fsp3) is 0.154. The van der Waals surface area contributed by atoms with Gasteiger partial charge in [-0.1, -0.05) is 12.1 Å². The highest BCUT2D eigenvalue weighted by atomic mass is 19.1. The zero-order chi connectivity index (χ0) is 11.5. The second-order valence-electron chi connectivity index (χ2n) is 3.76. The molecule has 0 bridgehead atoms. The fourth-order valence-corrected chi connectivity index (χ4v) is 1.73. The molecule has 0 radical (unpaired) electrons. The summed E-state index contributed by atoms with van der Waals surface area (Å²) < 4.78 is 13.0. The first-order valence-electron chi connectivity index (χ1n) is 5.10. The van der Waals surface area contributed by atoms with Gasteiger partial charge in [-0.15, -0.1) is 0 Å². The Kier molecular flexibility index (Phi) is 2.97. The van der Waals surface area contributed by atoms with Crippen molar-refractivity contribution in [3.8, 4) is 0 Å². The Hall–Kier alpha value is -1.74. The molecule has 82 valence electrons. The molecule has 0 spiro atoms. The van der Waals surface area contributed by atoms with E-state index in [0.717, 1.165) is 16.7 Å². The molecule has 1 aromatic carbocycles. The molecule has 16 heavy (non-hydrogen) atoms. The van der Waals surface area contributed by atoms with Gasteiger partial charge in [-0.2, -0.15) is 0 Å². The highest BCUT2D eigenvalue weighted by Crippen LogP contribution is 2.22. The minimum absolute atomic E-state index is 0.236. The molecule has 3 heteroatoms. The predicted molar refractivity (Wildman–Crippen MR) is 61.4 cm³/mol. The normalized spacial score (nSPS) is 12.4. The van der Waals surface area contributed by atoms with E-state index >= 15 is 0 Å². The molecule has 2 aromatic rings. The first kappa shape index (κ1) is 10.8. The topological polar surface area (TPSA) is 38.9 Å². The Bertz CT molecular complexity index is 483. The first-order valence-corrected chi connectivity index (χ1v) is 5.10. The summed E-state index contributed by atoms with van der Waals surface area (Å²) in [5.41, 5.74) is 8.82. The maximum atomic E-state index is 13.0. The molecule has 1 heterocycles. The van der Waals surface area contributed by atoms with Gasteiger partial charge in [0.15, 0.2) is 0 Å². The Morgan fingerprint density at radius 3 is 2.75 bits per heavy atom. The standard InChI is InChI=1S/C13H13FN2/c1-9-7-11(14)4-5-12(9)13(15)10-3-2-6-16-8-10/h2-8,13H,15H2,1H3. The van der Waals surface area contributed by atoms with Gasteiger partial charge in [-0.3, -0.25) is 4.98 Å². The first-order chi connectivity index (χ1) is 7.68. The van der Waals surface area contributed by atoms with Crippen LogP contribution in [0, 0.1) is 12.7 Å². The van der Waals surface area contributed by atoms with Gasteiger partial charge in [0.25, 0.3) is 0 Å². The molecule has 0 aliphatic heterocycles. The zero-order valence-corrected chi connectivity index (χ0v) is 9.02. The van der Waals surface area contributed by atoms with Crippen molar-refractivity contribution in [2.45, 2.75) is 13.0 Å². The monoisotopic (exact) mass is 216 g/mol. The maximum Gasteiger partial charge on any atom is 0.123 e. The number of nitrogens with zero attached hydrogens (tertiary/aromatic N) is 1. The molecule has 0 saturated heterocycles. The molecular weight excluding hydrogens is 203 g/mol. The van der Waals surface area contributed by atoms with Crippen LogP contribution in [0.5, 0.6) is 0 Å². The van der Waals surface area contributed by atoms with Crippen LogP contribution in [0.4, 0.5) is 4.39 Å². The number of nitrogens with two attached hydrogens (primary N) is 1. The number of hydrogen-bond acceptors (Lipinski definition) is 2. The highest BCUT2D eigenvalue weighted by Gasteiger charge is 2.11. The van der Waals surface area contributed by atoms with Crippen LogP contribution < -0.4 is 5.73 Å². The third kappa shape index (κ3) is 2.09. The molecule has 0 saturated carbocycles. The highest BCUT2D eigenvalue weighted by molar-refractivity contribution is 5.35. The average molecular weight is 216 g/mol. The van der Waals surface area contributed by atoms with E-state index in [0.29, 0.717) is 0 Å². The molecule has 1 atom stereocenters. The van der Waals surface area contributed by atoms with Gasteiger partial charge in [0.05, 0.1) is 6.04 Å². The minimum atomic E-state index is -0.255. The Balaban J connectivity index is 2.38. The summed E-state index contributed by atoms with van der Waals surface area (Å²) in [6.45, 7) is 1.86. The SMILES string of the molecule is Cc1cc(F)ccc1C(N)c1cccnc1. The van der Waals surface area contributed by atoms with E-state index in [1.165, 1.54) is 12.1 Å². The lowest BCUT2D eigenvalue weighted by molar-refractivity contribution is 0.624. The van der Waals surface area contributed by atoms with Crippen LogP contribution in [0.2, 0.25) is 0 Å². The Morgan fingerprint density at radius 1 is 1.31 bits per heavy atom. The van der Waals surface area contributed by atoms with E-state index in [9.17, 15) is 4.39 Å². The van der Waals surface area contributed by atoms with Gasteiger partial charge in [0, 0.05) is 12.4 Å². The van der Waals surface area contributed by atoms with Crippen molar-refractivity contribution in [2.24, 2.45) is 5.73 Å². The summed E-state index contributed by atoms with van der Waals surface area (Å²) >= 11 is 0. The van der Waals surface area contributed by atoms with E-state index in [1.54, 1.807) is 18.5 Å². The maximum absolute atomic E-state index is 13.0. The van der Waals surface area contributed by atoms with E-state index < -0.39 is 0 Å². The fourth-order valence-electron chi connectivity index (χ4n) is 1.73. The largest absolute Gasteiger partial charge is 0.320 e. The number of rotatable bonds is 2. The molecule has 2 nitrogen and oxygen atoms in total. The van der Waals surface area contributed by atoms with Crippen LogP contribution in [0.25, 0.3) is 0 Å². The summed E-state index contributed by atoms with van der Waals surface area (Å²) in [6, 6.07) is 8.15. The quantitative estimate of drug-likeness (QED) is 0.838. The lowest BCUT2D eigenvalue weighted by Crippen LogP contribution is -2.13. The number of benzene rings is 1. The van der Waals surface area contributed by atoms with Gasteiger partial charge in [0.1, 0.15) is 5.82 Å². The molecule has 1 aromatic heterocycles. The minimum Gasteiger partial charge on any atom is -0.320 e. The van der Waals surface area contributed by atoms with Crippen LogP contribution in [0.1, 0.15) is 22.7 Å². The molecule has 0 amide bonds. The van der Waals surface area contributed by atoms with Crippen molar-refractivity contribution in [1.29, 1.82) is 0 Å². The van der Waals surface area contributed by atoms with E-state index in [2.05, 4.69) is 4.98 Å². The molecule has 0 aliphatic rings. The van der Waals surface area contributed by atoms with Crippen molar-refractivity contribution >= 4 is 0 Å². The third-order valence-electron chi connectivity index (χ3n) is 2.61. The summed E-state index contributed by atoms with van der Waals surface area (Å²) in [7, 11) is 0. The summed E-state index contributed by atoms with van der Waals surface area (Å²) in [5, 5.41) is 0. The van der Waals surface area contributed by atoms with Gasteiger partial charge >= 0.3 is 0 Å². The third-order valence-corrected chi connectivity index (χ3v) is 2.61. The molecular formula is C13H13FN2. The Labute approximate surface area is 93.9 Å². The van der Waals surface area contributed by atoms with Gasteiger partial charge in [0.2, 0.25) is 0 Å². The number of hydrogen-bond donors (Lipinski definition) is 1. The smallest absolute Gasteiger partial charge is 0.123 e. The zero-order valence-electron chi connectivity index (χ0n) is 9.02. The number of halogens is 1. The predicted octanol–water partition coefficient (Wildman–Crippen LogP) is 2.58. The molecule has 2 N–H and O–H groups in total. The van der Waals surface area contributed by atoms with Gasteiger partial charge in [-0.05, 0) is 41.8 Å². The second kappa shape index (κ2) is 4.41. The van der Waals surface area contributed by atoms with Crippen LogP contribution >= 0.6 is 0 Å². The van der Waals surface area contributed by atoms with Crippen molar-refractivity contribution < 1.29 is 4.39 Å². The Morgan fingerprint density at radius 2 is 2.12 bits per heavy atom. The number of aryl methyl sites for hydroxylation is 1. The van der Waals surface area contributed by atoms with E-state index in [1.807, 2.05) is 19.1 Å². The second-order valence-corrected chi connectivity index (χ2v) is 3.76. The number of aromatic nitrogens is 1. The van der Waals surface area contributed by atoms with Crippen LogP contribution in [0.3, 0.4) is 0 Å². The van der Waals surface area contributed by atoms with Gasteiger partial charge < -0.3 is 5.73 Å². The van der Waals surface area contributed by atoms with E-state index in [-0.39, 0.29) is 11.9 Å². The molecule has 1 unspecified atom stereocenters. The van der Waals surface area contributed by atoms with Crippen molar-refractivity contribution in [2.75, 3.05) is 0 Å². The summed E-state index contributed by atoms with van der Waals surface area (Å²) in [6.07, 6.45) is 3.43. The molecule has 0 fully saturated rings. The van der Waals surface area contributed by atoms with Crippen molar-refractivity contribution in [3.05, 3.63) is 65.2 Å². The summed E-state index contributed by atoms with van der Waals surface area (Å²) in [4.78, 5) is 4.02. The lowest BCUT2D eigenvalue weighted by atomic mass is 9.97.